The number of aliphatic hydroxyl groups is 1. The minimum absolute atomic E-state index is 0.0359. The van der Waals surface area contributed by atoms with E-state index in [-0.39, 0.29) is 24.3 Å². The second kappa shape index (κ2) is 9.09. The maximum Gasteiger partial charge on any atom is 0.262 e. The molecule has 0 saturated carbocycles. The summed E-state index contributed by atoms with van der Waals surface area (Å²) in [6, 6.07) is 8.74. The van der Waals surface area contributed by atoms with Gasteiger partial charge >= 0.3 is 0 Å². The molecule has 0 bridgehead atoms. The van der Waals surface area contributed by atoms with Crippen LogP contribution >= 0.6 is 0 Å². The lowest BCUT2D eigenvalue weighted by Gasteiger charge is -2.18. The molecular formula is C23H26N6O5. The Kier molecular flexibility index (Phi) is 5.98. The predicted octanol–water partition coefficient (Wildman–Crippen LogP) is 1.46. The van der Waals surface area contributed by atoms with Crippen molar-refractivity contribution < 1.29 is 23.9 Å². The van der Waals surface area contributed by atoms with E-state index in [0.29, 0.717) is 55.1 Å². The van der Waals surface area contributed by atoms with Crippen molar-refractivity contribution in [1.29, 1.82) is 0 Å². The molecule has 2 fully saturated rings. The van der Waals surface area contributed by atoms with E-state index in [1.54, 1.807) is 31.4 Å². The van der Waals surface area contributed by atoms with Crippen LogP contribution in [0.4, 0.5) is 5.95 Å². The van der Waals surface area contributed by atoms with Crippen LogP contribution in [-0.4, -0.2) is 81.6 Å². The van der Waals surface area contributed by atoms with E-state index in [1.807, 2.05) is 19.1 Å². The maximum absolute atomic E-state index is 12.4. The number of amides is 1. The highest BCUT2D eigenvalue weighted by Crippen LogP contribution is 2.34. The molecule has 3 aromatic heterocycles. The highest BCUT2D eigenvalue weighted by molar-refractivity contribution is 5.87. The van der Waals surface area contributed by atoms with Gasteiger partial charge in [-0.1, -0.05) is 11.2 Å². The lowest BCUT2D eigenvalue weighted by molar-refractivity contribution is -0.144. The topological polar surface area (TPSA) is 136 Å². The number of pyridine rings is 1. The lowest BCUT2D eigenvalue weighted by Crippen LogP contribution is -2.35. The van der Waals surface area contributed by atoms with E-state index in [2.05, 4.69) is 25.4 Å². The molecule has 178 valence electrons. The van der Waals surface area contributed by atoms with E-state index < -0.39 is 11.5 Å². The quantitative estimate of drug-likeness (QED) is 0.527. The average Bonchev–Trinajstić information content (AvgIpc) is 3.58. The Morgan fingerprint density at radius 1 is 1.21 bits per heavy atom. The molecule has 3 aromatic rings. The summed E-state index contributed by atoms with van der Waals surface area (Å²) in [6.45, 7) is 4.06. The van der Waals surface area contributed by atoms with Gasteiger partial charge in [-0.2, -0.15) is 0 Å². The van der Waals surface area contributed by atoms with Crippen molar-refractivity contribution >= 4 is 11.9 Å². The number of ether oxygens (including phenoxy) is 2. The summed E-state index contributed by atoms with van der Waals surface area (Å²) < 4.78 is 16.6. The average molecular weight is 466 g/mol. The molecule has 0 aliphatic carbocycles. The van der Waals surface area contributed by atoms with Gasteiger partial charge in [0.2, 0.25) is 11.5 Å². The van der Waals surface area contributed by atoms with Crippen LogP contribution in [0.15, 0.2) is 41.1 Å². The van der Waals surface area contributed by atoms with Gasteiger partial charge < -0.3 is 29.3 Å². The first-order valence-electron chi connectivity index (χ1n) is 11.2. The Morgan fingerprint density at radius 2 is 2.00 bits per heavy atom. The van der Waals surface area contributed by atoms with Crippen molar-refractivity contribution in [1.82, 2.24) is 25.0 Å². The second-order valence-electron chi connectivity index (χ2n) is 8.37. The molecule has 1 unspecified atom stereocenters. The van der Waals surface area contributed by atoms with Crippen molar-refractivity contribution in [3.05, 3.63) is 42.3 Å². The van der Waals surface area contributed by atoms with Crippen LogP contribution in [0, 0.1) is 0 Å². The zero-order chi connectivity index (χ0) is 23.7. The number of anilines is 1. The lowest BCUT2D eigenvalue weighted by atomic mass is 9.98. The largest absolute Gasteiger partial charge is 0.376 e. The Labute approximate surface area is 196 Å². The number of aromatic nitrogens is 4. The number of nitrogens with zero attached hydrogens (tertiary/aromatic N) is 5. The van der Waals surface area contributed by atoms with Crippen molar-refractivity contribution in [2.75, 3.05) is 38.7 Å². The highest BCUT2D eigenvalue weighted by atomic mass is 16.5. The van der Waals surface area contributed by atoms with Crippen molar-refractivity contribution in [2.45, 2.75) is 31.1 Å². The van der Waals surface area contributed by atoms with E-state index >= 15 is 0 Å². The smallest absolute Gasteiger partial charge is 0.262 e. The third-order valence-electron chi connectivity index (χ3n) is 6.08. The summed E-state index contributed by atoms with van der Waals surface area (Å²) in [5, 5.41) is 18.1. The molecule has 5 heterocycles. The van der Waals surface area contributed by atoms with Crippen molar-refractivity contribution in [2.24, 2.45) is 0 Å². The van der Waals surface area contributed by atoms with Crippen LogP contribution in [0.3, 0.4) is 0 Å². The fourth-order valence-corrected chi connectivity index (χ4v) is 4.18. The molecule has 34 heavy (non-hydrogen) atoms. The molecular weight excluding hydrogens is 440 g/mol. The van der Waals surface area contributed by atoms with Crippen LogP contribution in [-0.2, 0) is 19.9 Å². The Morgan fingerprint density at radius 3 is 2.76 bits per heavy atom. The first-order valence-corrected chi connectivity index (χ1v) is 11.2. The monoisotopic (exact) mass is 466 g/mol. The van der Waals surface area contributed by atoms with Gasteiger partial charge in [0.1, 0.15) is 11.8 Å². The summed E-state index contributed by atoms with van der Waals surface area (Å²) in [7, 11) is 1.64. The van der Waals surface area contributed by atoms with Gasteiger partial charge in [-0.15, -0.1) is 0 Å². The number of likely N-dealkylation sites (tertiary alicyclic amines) is 1. The van der Waals surface area contributed by atoms with Gasteiger partial charge in [-0.3, -0.25) is 4.79 Å². The van der Waals surface area contributed by atoms with Crippen LogP contribution in [0.2, 0.25) is 0 Å². The minimum Gasteiger partial charge on any atom is -0.376 e. The number of rotatable bonds is 7. The fourth-order valence-electron chi connectivity index (χ4n) is 4.18. The molecule has 2 aliphatic rings. The zero-order valence-corrected chi connectivity index (χ0v) is 19.0. The molecule has 3 atom stereocenters. The van der Waals surface area contributed by atoms with Gasteiger partial charge in [0, 0.05) is 38.9 Å². The predicted molar refractivity (Wildman–Crippen MR) is 121 cm³/mol. The van der Waals surface area contributed by atoms with Crippen LogP contribution in [0.5, 0.6) is 0 Å². The van der Waals surface area contributed by atoms with Crippen molar-refractivity contribution in [3.8, 4) is 22.8 Å². The molecule has 11 heteroatoms. The second-order valence-corrected chi connectivity index (χ2v) is 8.37. The molecule has 5 rings (SSSR count). The van der Waals surface area contributed by atoms with Gasteiger partial charge in [0.25, 0.3) is 5.91 Å². The molecule has 0 spiro atoms. The molecule has 11 nitrogen and oxygen atoms in total. The standard InChI is InChI=1S/C23H26N6O5/c1-3-33-19-13-32-12-18(19)27-22-24-9-7-16(26-22)14-5-4-6-15(25-14)17-11-20(34-28-17)23(31)8-10-29(2)21(23)30/h4-7,9,11,18-19,31H,3,8,10,12-13H2,1-2H3,(H,24,26,27)/t18?,19-,23-/m1/s1. The number of carbonyl (C=O) groups is 1. The summed E-state index contributed by atoms with van der Waals surface area (Å²) in [5.74, 6) is 0.164. The van der Waals surface area contributed by atoms with Crippen LogP contribution < -0.4 is 5.32 Å². The Bertz CT molecular complexity index is 1190. The number of hydrogen-bond donors (Lipinski definition) is 2. The Hall–Kier alpha value is -3.41. The van der Waals surface area contributed by atoms with Gasteiger partial charge in [0.05, 0.1) is 36.3 Å². The van der Waals surface area contributed by atoms with E-state index in [9.17, 15) is 9.90 Å². The number of nitrogens with one attached hydrogen (secondary N) is 1. The SMILES string of the molecule is CCO[C@@H]1COCC1Nc1nccc(-c2cccc(-c3cc([C@]4(O)CCN(C)C4=O)on3)n2)n1. The van der Waals surface area contributed by atoms with Crippen LogP contribution in [0.1, 0.15) is 19.1 Å². The molecule has 2 N–H and O–H groups in total. The van der Waals surface area contributed by atoms with E-state index in [0.717, 1.165) is 0 Å². The van der Waals surface area contributed by atoms with Crippen molar-refractivity contribution in [3.63, 3.8) is 0 Å². The zero-order valence-electron chi connectivity index (χ0n) is 19.0. The van der Waals surface area contributed by atoms with E-state index in [4.69, 9.17) is 14.0 Å². The highest BCUT2D eigenvalue weighted by Gasteiger charge is 2.48. The number of carbonyl (C=O) groups excluding carboxylic acids is 1. The number of hydrogen-bond acceptors (Lipinski definition) is 10. The molecule has 0 radical (unpaired) electrons. The summed E-state index contributed by atoms with van der Waals surface area (Å²) >= 11 is 0. The van der Waals surface area contributed by atoms with E-state index in [1.165, 1.54) is 4.90 Å². The van der Waals surface area contributed by atoms with Gasteiger partial charge in [0.15, 0.2) is 5.76 Å². The number of likely N-dealkylation sites (N-methyl/N-ethyl adjacent to an activating group) is 1. The third-order valence-corrected chi connectivity index (χ3v) is 6.08. The first-order chi connectivity index (χ1) is 16.5. The summed E-state index contributed by atoms with van der Waals surface area (Å²) in [5.41, 5.74) is 0.494. The van der Waals surface area contributed by atoms with Crippen LogP contribution in [0.25, 0.3) is 22.8 Å². The Balaban J connectivity index is 1.37. The molecule has 0 aromatic carbocycles. The molecule has 1 amide bonds. The normalized spacial score (nSPS) is 24.7. The minimum atomic E-state index is -1.70. The van der Waals surface area contributed by atoms with Gasteiger partial charge in [-0.05, 0) is 25.1 Å². The molecule has 2 saturated heterocycles. The third kappa shape index (κ3) is 4.13. The summed E-state index contributed by atoms with van der Waals surface area (Å²) in [4.78, 5) is 27.4. The molecule has 2 aliphatic heterocycles. The summed E-state index contributed by atoms with van der Waals surface area (Å²) in [6.07, 6.45) is 1.86. The first kappa shape index (κ1) is 22.4. The maximum atomic E-state index is 12.4. The fraction of sp³-hybridized carbons (Fsp3) is 0.435. The van der Waals surface area contributed by atoms with Gasteiger partial charge in [-0.25, -0.2) is 15.0 Å².